The van der Waals surface area contributed by atoms with Gasteiger partial charge in [0.2, 0.25) is 0 Å². The number of aryl methyl sites for hydroxylation is 4. The molecule has 0 saturated heterocycles. The molecular weight excluding hydrogens is 224 g/mol. The Bertz CT molecular complexity index is 732. The van der Waals surface area contributed by atoms with Crippen LogP contribution in [0.4, 0.5) is 0 Å². The molecule has 0 atom stereocenters. The largest absolute Gasteiger partial charge is 0.134 e. The average molecular weight is 239 g/mol. The van der Waals surface area contributed by atoms with Gasteiger partial charge in [0.05, 0.1) is 0 Å². The molecule has 0 N–H and O–H groups in total. The molecule has 0 fully saturated rings. The molecule has 0 spiro atoms. The topological polar surface area (TPSA) is 0 Å². The van der Waals surface area contributed by atoms with Gasteiger partial charge in [-0.2, -0.15) is 0 Å². The molecule has 3 aromatic rings. The van der Waals surface area contributed by atoms with E-state index >= 15 is 0 Å². The third kappa shape index (κ3) is 1.35. The predicted octanol–water partition coefficient (Wildman–Crippen LogP) is 5.09. The lowest BCUT2D eigenvalue weighted by Gasteiger charge is -2.11. The minimum atomic E-state index is 1.29. The van der Waals surface area contributed by atoms with Gasteiger partial charge in [0.25, 0.3) is 0 Å². The Labute approximate surface area is 106 Å². The first-order valence-electron chi connectivity index (χ1n) is 5.90. The molecule has 1 heterocycles. The lowest BCUT2D eigenvalue weighted by Crippen LogP contribution is -1.88. The maximum atomic E-state index is 3.39. The summed E-state index contributed by atoms with van der Waals surface area (Å²) in [6.07, 6.45) is 0. The monoisotopic (exact) mass is 239 g/mol. The second kappa shape index (κ2) is 3.58. The first kappa shape index (κ1) is 10.8. The number of rotatable bonds is 0. The van der Waals surface area contributed by atoms with E-state index in [9.17, 15) is 0 Å². The van der Waals surface area contributed by atoms with Crippen molar-refractivity contribution in [3.63, 3.8) is 0 Å². The van der Waals surface area contributed by atoms with Gasteiger partial charge in [-0.25, -0.2) is 0 Å². The normalized spacial score (nSPS) is 11.5. The fourth-order valence-electron chi connectivity index (χ4n) is 2.84. The van der Waals surface area contributed by atoms with Crippen LogP contribution in [0.3, 0.4) is 0 Å². The van der Waals surface area contributed by atoms with Crippen molar-refractivity contribution in [3.05, 3.63) is 45.8 Å². The molecule has 17 heavy (non-hydrogen) atoms. The molecular formula is C16H15S. The van der Waals surface area contributed by atoms with Gasteiger partial charge >= 0.3 is 0 Å². The van der Waals surface area contributed by atoms with Crippen LogP contribution in [0, 0.1) is 33.1 Å². The van der Waals surface area contributed by atoms with E-state index in [-0.39, 0.29) is 0 Å². The molecule has 0 saturated carbocycles. The van der Waals surface area contributed by atoms with E-state index in [1.165, 1.54) is 43.1 Å². The second-order valence-corrected chi connectivity index (χ2v) is 5.60. The van der Waals surface area contributed by atoms with Gasteiger partial charge in [-0.1, -0.05) is 18.2 Å². The number of hydrogen-bond donors (Lipinski definition) is 0. The Hall–Kier alpha value is -1.34. The lowest BCUT2D eigenvalue weighted by molar-refractivity contribution is 1.46. The maximum absolute atomic E-state index is 3.39. The summed E-state index contributed by atoms with van der Waals surface area (Å²) in [5, 5.41) is 7.62. The van der Waals surface area contributed by atoms with Gasteiger partial charge in [-0.3, -0.25) is 0 Å². The van der Waals surface area contributed by atoms with Crippen LogP contribution in [0.1, 0.15) is 22.3 Å². The van der Waals surface area contributed by atoms with Crippen LogP contribution in [0.25, 0.3) is 20.9 Å². The summed E-state index contributed by atoms with van der Waals surface area (Å²) in [7, 11) is 0. The summed E-state index contributed by atoms with van der Waals surface area (Å²) in [5.41, 5.74) is 5.47. The van der Waals surface area contributed by atoms with Crippen molar-refractivity contribution < 1.29 is 0 Å². The zero-order chi connectivity index (χ0) is 12.2. The van der Waals surface area contributed by atoms with Crippen LogP contribution >= 0.6 is 11.3 Å². The van der Waals surface area contributed by atoms with E-state index in [1.807, 2.05) is 0 Å². The van der Waals surface area contributed by atoms with Gasteiger partial charge in [0.1, 0.15) is 0 Å². The molecule has 2 aromatic carbocycles. The van der Waals surface area contributed by atoms with Crippen molar-refractivity contribution in [2.45, 2.75) is 27.7 Å². The van der Waals surface area contributed by atoms with E-state index in [0.29, 0.717) is 0 Å². The molecule has 0 amide bonds. The number of thiophene rings is 1. The van der Waals surface area contributed by atoms with E-state index in [1.54, 1.807) is 11.3 Å². The lowest BCUT2D eigenvalue weighted by atomic mass is 9.93. The Balaban J connectivity index is 2.71. The summed E-state index contributed by atoms with van der Waals surface area (Å²) in [6.45, 7) is 8.83. The molecule has 0 aliphatic heterocycles. The van der Waals surface area contributed by atoms with Crippen LogP contribution in [0.15, 0.2) is 18.2 Å². The smallest absolute Gasteiger partial charge is 0.0487 e. The quantitative estimate of drug-likeness (QED) is 0.512. The van der Waals surface area contributed by atoms with Gasteiger partial charge in [-0.05, 0) is 66.1 Å². The summed E-state index contributed by atoms with van der Waals surface area (Å²) in [4.78, 5) is 0. The fraction of sp³-hybridized carbons (Fsp3) is 0.250. The summed E-state index contributed by atoms with van der Waals surface area (Å²) in [6, 6.07) is 6.59. The van der Waals surface area contributed by atoms with Gasteiger partial charge < -0.3 is 0 Å². The number of fused-ring (bicyclic) bond motifs is 2. The summed E-state index contributed by atoms with van der Waals surface area (Å²) in [5.74, 6) is 0. The highest BCUT2D eigenvalue weighted by Gasteiger charge is 2.13. The zero-order valence-corrected chi connectivity index (χ0v) is 11.5. The molecule has 3 rings (SSSR count). The third-order valence-electron chi connectivity index (χ3n) is 3.68. The Morgan fingerprint density at radius 2 is 1.71 bits per heavy atom. The van der Waals surface area contributed by atoms with Crippen LogP contribution < -0.4 is 0 Å². The van der Waals surface area contributed by atoms with Crippen molar-refractivity contribution in [2.75, 3.05) is 0 Å². The predicted molar refractivity (Wildman–Crippen MR) is 77.1 cm³/mol. The van der Waals surface area contributed by atoms with E-state index in [2.05, 4.69) is 51.3 Å². The van der Waals surface area contributed by atoms with Crippen LogP contribution in [0.2, 0.25) is 0 Å². The first-order chi connectivity index (χ1) is 8.11. The molecule has 0 unspecified atom stereocenters. The summed E-state index contributed by atoms with van der Waals surface area (Å²) >= 11 is 1.75. The fourth-order valence-corrected chi connectivity index (χ4v) is 3.87. The highest BCUT2D eigenvalue weighted by atomic mass is 32.1. The molecule has 0 nitrogen and oxygen atoms in total. The highest BCUT2D eigenvalue weighted by Crippen LogP contribution is 2.38. The number of benzene rings is 2. The van der Waals surface area contributed by atoms with Crippen LogP contribution in [0.5, 0.6) is 0 Å². The Kier molecular flexibility index (Phi) is 2.27. The molecule has 1 aromatic heterocycles. The van der Waals surface area contributed by atoms with Gasteiger partial charge in [0, 0.05) is 10.1 Å². The van der Waals surface area contributed by atoms with Crippen molar-refractivity contribution in [1.82, 2.24) is 0 Å². The average Bonchev–Trinajstić information content (AvgIpc) is 2.68. The molecule has 0 aliphatic rings. The SMILES string of the molecule is Cc1c2cccc(C)c2c(C)c2c(C)[c]sc12. The standard InChI is InChI=1S/C16H15S/c1-9-6-5-7-13-11(3)16-15(10(2)8-17-16)12(4)14(9)13/h5-7H,1-4H3. The zero-order valence-electron chi connectivity index (χ0n) is 10.6. The molecule has 0 aliphatic carbocycles. The molecule has 0 bridgehead atoms. The Morgan fingerprint density at radius 1 is 0.941 bits per heavy atom. The van der Waals surface area contributed by atoms with Crippen LogP contribution in [-0.4, -0.2) is 0 Å². The Morgan fingerprint density at radius 3 is 2.47 bits per heavy atom. The van der Waals surface area contributed by atoms with Gasteiger partial charge in [-0.15, -0.1) is 11.3 Å². The maximum Gasteiger partial charge on any atom is 0.0487 e. The second-order valence-electron chi connectivity index (χ2n) is 4.78. The van der Waals surface area contributed by atoms with Crippen LogP contribution in [-0.2, 0) is 0 Å². The van der Waals surface area contributed by atoms with Gasteiger partial charge in [0.15, 0.2) is 0 Å². The highest BCUT2D eigenvalue weighted by molar-refractivity contribution is 7.17. The van der Waals surface area contributed by atoms with Crippen molar-refractivity contribution >= 4 is 32.2 Å². The van der Waals surface area contributed by atoms with Crippen molar-refractivity contribution in [2.24, 2.45) is 0 Å². The minimum absolute atomic E-state index is 1.29. The van der Waals surface area contributed by atoms with E-state index in [4.69, 9.17) is 0 Å². The minimum Gasteiger partial charge on any atom is -0.134 e. The van der Waals surface area contributed by atoms with Crippen molar-refractivity contribution in [1.29, 1.82) is 0 Å². The van der Waals surface area contributed by atoms with Crippen molar-refractivity contribution in [3.8, 4) is 0 Å². The summed E-state index contributed by atoms with van der Waals surface area (Å²) < 4.78 is 1.40. The number of hydrogen-bond acceptors (Lipinski definition) is 1. The molecule has 85 valence electrons. The van der Waals surface area contributed by atoms with E-state index < -0.39 is 0 Å². The molecule has 1 heteroatoms. The third-order valence-corrected chi connectivity index (χ3v) is 4.80. The molecule has 1 radical (unpaired) electrons. The van der Waals surface area contributed by atoms with E-state index in [0.717, 1.165) is 0 Å². The first-order valence-corrected chi connectivity index (χ1v) is 6.72.